The highest BCUT2D eigenvalue weighted by Crippen LogP contribution is 2.25. The van der Waals surface area contributed by atoms with E-state index in [0.717, 1.165) is 12.8 Å². The van der Waals surface area contributed by atoms with Gasteiger partial charge in [0.2, 0.25) is 0 Å². The molecule has 0 spiro atoms. The lowest BCUT2D eigenvalue weighted by molar-refractivity contribution is -0.149. The molecule has 1 aliphatic rings. The van der Waals surface area contributed by atoms with E-state index in [4.69, 9.17) is 4.74 Å². The number of esters is 1. The molecule has 0 aliphatic heterocycles. The van der Waals surface area contributed by atoms with Gasteiger partial charge in [0.15, 0.2) is 0 Å². The smallest absolute Gasteiger partial charge is 0.309 e. The summed E-state index contributed by atoms with van der Waals surface area (Å²) < 4.78 is 5.01. The second kappa shape index (κ2) is 4.85. The number of carbonyl (C=O) groups is 1. The van der Waals surface area contributed by atoms with Crippen LogP contribution in [0.4, 0.5) is 0 Å². The third kappa shape index (κ3) is 2.72. The molecule has 2 atom stereocenters. The Morgan fingerprint density at radius 1 is 1.62 bits per heavy atom. The largest absolute Gasteiger partial charge is 0.461 e. The molecule has 1 rings (SSSR count). The summed E-state index contributed by atoms with van der Waals surface area (Å²) in [6.45, 7) is 5.92. The summed E-state index contributed by atoms with van der Waals surface area (Å²) in [5, 5.41) is 0. The third-order valence-corrected chi connectivity index (χ3v) is 2.40. The van der Waals surface area contributed by atoms with Crippen molar-refractivity contribution in [2.75, 3.05) is 6.61 Å². The van der Waals surface area contributed by atoms with Gasteiger partial charge >= 0.3 is 5.97 Å². The molecular weight excluding hydrogens is 164 g/mol. The summed E-state index contributed by atoms with van der Waals surface area (Å²) in [5.74, 6) is 0.365. The zero-order valence-corrected chi connectivity index (χ0v) is 8.03. The molecule has 0 bridgehead atoms. The number of rotatable bonds is 3. The topological polar surface area (TPSA) is 26.3 Å². The minimum absolute atomic E-state index is 0.0462. The molecule has 0 saturated heterocycles. The Morgan fingerprint density at radius 2 is 2.31 bits per heavy atom. The fraction of sp³-hybridized carbons (Fsp3) is 0.545. The van der Waals surface area contributed by atoms with Crippen molar-refractivity contribution in [1.82, 2.24) is 0 Å². The molecule has 0 aromatic rings. The highest BCUT2D eigenvalue weighted by molar-refractivity contribution is 5.73. The quantitative estimate of drug-likeness (QED) is 0.492. The van der Waals surface area contributed by atoms with Crippen molar-refractivity contribution < 1.29 is 9.53 Å². The van der Waals surface area contributed by atoms with E-state index in [9.17, 15) is 4.79 Å². The molecule has 0 aromatic heterocycles. The molecule has 2 unspecified atom stereocenters. The summed E-state index contributed by atoms with van der Waals surface area (Å²) >= 11 is 0. The van der Waals surface area contributed by atoms with Crippen molar-refractivity contribution in [2.45, 2.75) is 19.8 Å². The van der Waals surface area contributed by atoms with E-state index in [-0.39, 0.29) is 11.9 Å². The normalized spacial score (nSPS) is 26.8. The number of ether oxygens (including phenoxy) is 1. The Labute approximate surface area is 79.3 Å². The summed E-state index contributed by atoms with van der Waals surface area (Å²) in [5.41, 5.74) is 0. The molecule has 0 heterocycles. The van der Waals surface area contributed by atoms with Crippen LogP contribution < -0.4 is 0 Å². The summed E-state index contributed by atoms with van der Waals surface area (Å²) in [4.78, 5) is 11.5. The van der Waals surface area contributed by atoms with Crippen LogP contribution >= 0.6 is 0 Å². The zero-order chi connectivity index (χ0) is 9.68. The van der Waals surface area contributed by atoms with Crippen molar-refractivity contribution in [3.05, 3.63) is 24.8 Å². The number of hydrogen-bond donors (Lipinski definition) is 0. The standard InChI is InChI=1S/C11H16O2/c1-3-8-13-11(12)10-7-5-4-6-9(10)2/h3-5,9-10H,1,6-8H2,2H3. The summed E-state index contributed by atoms with van der Waals surface area (Å²) in [6.07, 6.45) is 7.58. The van der Waals surface area contributed by atoms with Gasteiger partial charge in [-0.2, -0.15) is 0 Å². The first-order valence-corrected chi connectivity index (χ1v) is 4.68. The lowest BCUT2D eigenvalue weighted by Gasteiger charge is -2.22. The van der Waals surface area contributed by atoms with Crippen molar-refractivity contribution in [3.8, 4) is 0 Å². The summed E-state index contributed by atoms with van der Waals surface area (Å²) in [6, 6.07) is 0. The average molecular weight is 180 g/mol. The van der Waals surface area contributed by atoms with Crippen LogP contribution in [0.2, 0.25) is 0 Å². The lowest BCUT2D eigenvalue weighted by Crippen LogP contribution is -2.25. The van der Waals surface area contributed by atoms with Gasteiger partial charge in [-0.15, -0.1) is 0 Å². The van der Waals surface area contributed by atoms with Gasteiger partial charge < -0.3 is 4.74 Å². The average Bonchev–Trinajstić information content (AvgIpc) is 2.15. The number of allylic oxidation sites excluding steroid dienone is 2. The van der Waals surface area contributed by atoms with Crippen LogP contribution in [0.3, 0.4) is 0 Å². The number of carbonyl (C=O) groups excluding carboxylic acids is 1. The number of hydrogen-bond acceptors (Lipinski definition) is 2. The van der Waals surface area contributed by atoms with E-state index in [2.05, 4.69) is 25.7 Å². The third-order valence-electron chi connectivity index (χ3n) is 2.40. The van der Waals surface area contributed by atoms with Crippen LogP contribution in [0.15, 0.2) is 24.8 Å². The van der Waals surface area contributed by atoms with Gasteiger partial charge in [0.05, 0.1) is 5.92 Å². The predicted molar refractivity (Wildman–Crippen MR) is 52.2 cm³/mol. The highest BCUT2D eigenvalue weighted by Gasteiger charge is 2.26. The molecule has 72 valence electrons. The SMILES string of the molecule is C=CCOC(=O)C1CC=CCC1C. The minimum Gasteiger partial charge on any atom is -0.461 e. The fourth-order valence-corrected chi connectivity index (χ4v) is 1.53. The van der Waals surface area contributed by atoms with Gasteiger partial charge in [0, 0.05) is 0 Å². The van der Waals surface area contributed by atoms with Crippen molar-refractivity contribution in [2.24, 2.45) is 11.8 Å². The second-order valence-corrected chi connectivity index (χ2v) is 3.45. The van der Waals surface area contributed by atoms with E-state index in [0.29, 0.717) is 12.5 Å². The second-order valence-electron chi connectivity index (χ2n) is 3.45. The molecule has 0 fully saturated rings. The van der Waals surface area contributed by atoms with E-state index < -0.39 is 0 Å². The van der Waals surface area contributed by atoms with E-state index >= 15 is 0 Å². The maximum absolute atomic E-state index is 11.5. The molecule has 0 radical (unpaired) electrons. The van der Waals surface area contributed by atoms with Crippen molar-refractivity contribution in [3.63, 3.8) is 0 Å². The van der Waals surface area contributed by atoms with Gasteiger partial charge in [0.25, 0.3) is 0 Å². The molecule has 1 aliphatic carbocycles. The molecule has 2 heteroatoms. The van der Waals surface area contributed by atoms with Crippen LogP contribution in [-0.4, -0.2) is 12.6 Å². The van der Waals surface area contributed by atoms with Crippen LogP contribution in [0.25, 0.3) is 0 Å². The van der Waals surface area contributed by atoms with E-state index in [1.54, 1.807) is 6.08 Å². The Hall–Kier alpha value is -1.05. The fourth-order valence-electron chi connectivity index (χ4n) is 1.53. The van der Waals surface area contributed by atoms with Crippen molar-refractivity contribution >= 4 is 5.97 Å². The first-order chi connectivity index (χ1) is 6.25. The van der Waals surface area contributed by atoms with Gasteiger partial charge in [-0.25, -0.2) is 0 Å². The first kappa shape index (κ1) is 10.0. The molecule has 0 aromatic carbocycles. The van der Waals surface area contributed by atoms with E-state index in [1.165, 1.54) is 0 Å². The monoisotopic (exact) mass is 180 g/mol. The Kier molecular flexibility index (Phi) is 3.74. The Balaban J connectivity index is 2.45. The predicted octanol–water partition coefficient (Wildman–Crippen LogP) is 2.32. The van der Waals surface area contributed by atoms with Gasteiger partial charge in [-0.05, 0) is 18.8 Å². The van der Waals surface area contributed by atoms with Crippen LogP contribution in [-0.2, 0) is 9.53 Å². The van der Waals surface area contributed by atoms with Crippen LogP contribution in [0, 0.1) is 11.8 Å². The maximum Gasteiger partial charge on any atom is 0.309 e. The van der Waals surface area contributed by atoms with Crippen LogP contribution in [0.1, 0.15) is 19.8 Å². The molecule has 0 amide bonds. The first-order valence-electron chi connectivity index (χ1n) is 4.68. The molecule has 2 nitrogen and oxygen atoms in total. The lowest BCUT2D eigenvalue weighted by atomic mass is 9.84. The van der Waals surface area contributed by atoms with Crippen LogP contribution in [0.5, 0.6) is 0 Å². The Bertz CT molecular complexity index is 218. The molecule has 0 N–H and O–H groups in total. The highest BCUT2D eigenvalue weighted by atomic mass is 16.5. The molecule has 13 heavy (non-hydrogen) atoms. The summed E-state index contributed by atoms with van der Waals surface area (Å²) in [7, 11) is 0. The zero-order valence-electron chi connectivity index (χ0n) is 8.03. The molecular formula is C11H16O2. The maximum atomic E-state index is 11.5. The Morgan fingerprint density at radius 3 is 2.92 bits per heavy atom. The van der Waals surface area contributed by atoms with Gasteiger partial charge in [-0.1, -0.05) is 31.7 Å². The van der Waals surface area contributed by atoms with E-state index in [1.807, 2.05) is 0 Å². The molecule has 0 saturated carbocycles. The minimum atomic E-state index is -0.0863. The van der Waals surface area contributed by atoms with Gasteiger partial charge in [-0.3, -0.25) is 4.79 Å². The van der Waals surface area contributed by atoms with Crippen molar-refractivity contribution in [1.29, 1.82) is 0 Å². The van der Waals surface area contributed by atoms with Gasteiger partial charge in [0.1, 0.15) is 6.61 Å².